The predicted octanol–water partition coefficient (Wildman–Crippen LogP) is 2.96. The molecule has 0 atom stereocenters. The molecule has 4 aliphatic carbocycles. The van der Waals surface area contributed by atoms with Crippen LogP contribution in [0.25, 0.3) is 0 Å². The molecule has 108 valence electrons. The average Bonchev–Trinajstić information content (AvgIpc) is 2.45. The van der Waals surface area contributed by atoms with E-state index in [1.54, 1.807) is 0 Å². The van der Waals surface area contributed by atoms with E-state index >= 15 is 0 Å². The molecule has 0 N–H and O–H groups in total. The van der Waals surface area contributed by atoms with Gasteiger partial charge < -0.3 is 4.90 Å². The molecule has 4 saturated carbocycles. The van der Waals surface area contributed by atoms with E-state index in [-0.39, 0.29) is 11.3 Å². The lowest BCUT2D eigenvalue weighted by atomic mass is 9.49. The van der Waals surface area contributed by atoms with Crippen molar-refractivity contribution in [3.8, 4) is 6.07 Å². The van der Waals surface area contributed by atoms with E-state index in [0.717, 1.165) is 62.9 Å². The highest BCUT2D eigenvalue weighted by Crippen LogP contribution is 2.60. The molecule has 5 rings (SSSR count). The van der Waals surface area contributed by atoms with Crippen molar-refractivity contribution >= 4 is 5.91 Å². The summed E-state index contributed by atoms with van der Waals surface area (Å²) < 4.78 is 0. The van der Waals surface area contributed by atoms with E-state index in [1.165, 1.54) is 19.3 Å². The molecule has 1 amide bonds. The van der Waals surface area contributed by atoms with E-state index in [2.05, 4.69) is 11.0 Å². The van der Waals surface area contributed by atoms with Gasteiger partial charge in [-0.2, -0.15) is 5.26 Å². The van der Waals surface area contributed by atoms with Crippen LogP contribution in [0.5, 0.6) is 0 Å². The van der Waals surface area contributed by atoms with E-state index < -0.39 is 0 Å². The first-order valence-electron chi connectivity index (χ1n) is 8.37. The third kappa shape index (κ3) is 1.88. The summed E-state index contributed by atoms with van der Waals surface area (Å²) >= 11 is 0. The van der Waals surface area contributed by atoms with Gasteiger partial charge >= 0.3 is 0 Å². The van der Waals surface area contributed by atoms with Gasteiger partial charge in [0.15, 0.2) is 0 Å². The largest absolute Gasteiger partial charge is 0.342 e. The monoisotopic (exact) mass is 272 g/mol. The molecule has 20 heavy (non-hydrogen) atoms. The summed E-state index contributed by atoms with van der Waals surface area (Å²) in [4.78, 5) is 15.2. The van der Waals surface area contributed by atoms with Gasteiger partial charge in [-0.05, 0) is 69.1 Å². The number of carbonyl (C=O) groups excluding carboxylic acids is 1. The van der Waals surface area contributed by atoms with Crippen molar-refractivity contribution in [3.63, 3.8) is 0 Å². The SMILES string of the molecule is N#CC1CCN(C(=O)C23CC4CC(CC(C4)C2)C3)CC1. The van der Waals surface area contributed by atoms with Gasteiger partial charge in [0.25, 0.3) is 0 Å². The Morgan fingerprint density at radius 3 is 1.95 bits per heavy atom. The lowest BCUT2D eigenvalue weighted by Crippen LogP contribution is -2.55. The fourth-order valence-corrected chi connectivity index (χ4v) is 5.92. The Kier molecular flexibility index (Phi) is 2.84. The molecule has 5 fully saturated rings. The first-order valence-corrected chi connectivity index (χ1v) is 8.37. The summed E-state index contributed by atoms with van der Waals surface area (Å²) in [5.41, 5.74) is 0.00816. The zero-order valence-electron chi connectivity index (χ0n) is 12.2. The van der Waals surface area contributed by atoms with Crippen molar-refractivity contribution in [1.82, 2.24) is 4.90 Å². The van der Waals surface area contributed by atoms with Crippen LogP contribution in [0.4, 0.5) is 0 Å². The molecular formula is C17H24N2O. The number of amides is 1. The van der Waals surface area contributed by atoms with Crippen molar-refractivity contribution in [2.75, 3.05) is 13.1 Å². The lowest BCUT2D eigenvalue weighted by molar-refractivity contribution is -0.158. The Hall–Kier alpha value is -1.04. The molecule has 0 aromatic heterocycles. The lowest BCUT2D eigenvalue weighted by Gasteiger charge is -2.57. The van der Waals surface area contributed by atoms with Crippen LogP contribution in [0, 0.1) is 40.4 Å². The van der Waals surface area contributed by atoms with Crippen LogP contribution >= 0.6 is 0 Å². The highest BCUT2D eigenvalue weighted by Gasteiger charge is 2.55. The summed E-state index contributed by atoms with van der Waals surface area (Å²) in [7, 11) is 0. The molecule has 1 saturated heterocycles. The maximum absolute atomic E-state index is 13.1. The second-order valence-corrected chi connectivity index (χ2v) is 7.89. The minimum atomic E-state index is 0.00816. The van der Waals surface area contributed by atoms with Gasteiger partial charge in [-0.15, -0.1) is 0 Å². The standard InChI is InChI=1S/C17H24N2O/c18-11-12-1-3-19(4-2-12)16(20)17-8-13-5-14(9-17)7-15(6-13)10-17/h12-15H,1-10H2. The number of nitriles is 1. The molecule has 1 heterocycles. The molecule has 3 nitrogen and oxygen atoms in total. The van der Waals surface area contributed by atoms with Crippen LogP contribution in [-0.4, -0.2) is 23.9 Å². The van der Waals surface area contributed by atoms with Crippen molar-refractivity contribution in [3.05, 3.63) is 0 Å². The molecule has 0 radical (unpaired) electrons. The molecular weight excluding hydrogens is 248 g/mol. The summed E-state index contributed by atoms with van der Waals surface area (Å²) in [5, 5.41) is 8.99. The maximum Gasteiger partial charge on any atom is 0.228 e. The van der Waals surface area contributed by atoms with Crippen LogP contribution in [0.1, 0.15) is 51.4 Å². The minimum absolute atomic E-state index is 0.00816. The van der Waals surface area contributed by atoms with Crippen LogP contribution in [0.3, 0.4) is 0 Å². The predicted molar refractivity (Wildman–Crippen MR) is 75.5 cm³/mol. The molecule has 0 aromatic carbocycles. The molecule has 0 spiro atoms. The number of piperidine rings is 1. The van der Waals surface area contributed by atoms with Crippen molar-refractivity contribution in [1.29, 1.82) is 5.26 Å². The van der Waals surface area contributed by atoms with Crippen LogP contribution in [-0.2, 0) is 4.79 Å². The number of hydrogen-bond donors (Lipinski definition) is 0. The highest BCUT2D eigenvalue weighted by atomic mass is 16.2. The first kappa shape index (κ1) is 12.7. The number of hydrogen-bond acceptors (Lipinski definition) is 2. The van der Waals surface area contributed by atoms with Crippen LogP contribution < -0.4 is 0 Å². The fourth-order valence-electron chi connectivity index (χ4n) is 5.92. The molecule has 0 aromatic rings. The average molecular weight is 272 g/mol. The molecule has 5 aliphatic rings. The minimum Gasteiger partial charge on any atom is -0.342 e. The fraction of sp³-hybridized carbons (Fsp3) is 0.882. The van der Waals surface area contributed by atoms with Gasteiger partial charge in [-0.3, -0.25) is 4.79 Å². The van der Waals surface area contributed by atoms with Gasteiger partial charge in [-0.25, -0.2) is 0 Å². The Labute approximate surface area is 121 Å². The second kappa shape index (κ2) is 4.48. The summed E-state index contributed by atoms with van der Waals surface area (Å²) in [5.74, 6) is 3.13. The quantitative estimate of drug-likeness (QED) is 0.736. The summed E-state index contributed by atoms with van der Waals surface area (Å²) in [6, 6.07) is 2.36. The smallest absolute Gasteiger partial charge is 0.228 e. The van der Waals surface area contributed by atoms with Crippen LogP contribution in [0.2, 0.25) is 0 Å². The number of rotatable bonds is 1. The van der Waals surface area contributed by atoms with E-state index in [9.17, 15) is 4.79 Å². The van der Waals surface area contributed by atoms with Gasteiger partial charge in [-0.1, -0.05) is 0 Å². The molecule has 4 bridgehead atoms. The third-order valence-electron chi connectivity index (χ3n) is 6.46. The zero-order chi connectivity index (χ0) is 13.7. The number of carbonyl (C=O) groups is 1. The zero-order valence-corrected chi connectivity index (χ0v) is 12.2. The summed E-state index contributed by atoms with van der Waals surface area (Å²) in [6.45, 7) is 1.64. The van der Waals surface area contributed by atoms with Crippen molar-refractivity contribution in [2.24, 2.45) is 29.1 Å². The van der Waals surface area contributed by atoms with E-state index in [0.29, 0.717) is 5.91 Å². The van der Waals surface area contributed by atoms with Gasteiger partial charge in [0.2, 0.25) is 5.91 Å². The van der Waals surface area contributed by atoms with E-state index in [4.69, 9.17) is 5.26 Å². The highest BCUT2D eigenvalue weighted by molar-refractivity contribution is 5.83. The van der Waals surface area contributed by atoms with Gasteiger partial charge in [0.05, 0.1) is 11.5 Å². The Morgan fingerprint density at radius 2 is 1.50 bits per heavy atom. The Bertz CT molecular complexity index is 421. The topological polar surface area (TPSA) is 44.1 Å². The normalized spacial score (nSPS) is 43.5. The Balaban J connectivity index is 1.50. The third-order valence-corrected chi connectivity index (χ3v) is 6.46. The molecule has 1 aliphatic heterocycles. The Morgan fingerprint density at radius 1 is 1.00 bits per heavy atom. The first-order chi connectivity index (χ1) is 9.68. The second-order valence-electron chi connectivity index (χ2n) is 7.89. The number of likely N-dealkylation sites (tertiary alicyclic amines) is 1. The van der Waals surface area contributed by atoms with Crippen LogP contribution in [0.15, 0.2) is 0 Å². The van der Waals surface area contributed by atoms with Crippen molar-refractivity contribution in [2.45, 2.75) is 51.4 Å². The van der Waals surface area contributed by atoms with Gasteiger partial charge in [0, 0.05) is 19.0 Å². The van der Waals surface area contributed by atoms with Gasteiger partial charge in [0.1, 0.15) is 0 Å². The molecule has 3 heteroatoms. The number of nitrogens with zero attached hydrogens (tertiary/aromatic N) is 2. The maximum atomic E-state index is 13.1. The molecule has 0 unspecified atom stereocenters. The summed E-state index contributed by atoms with van der Waals surface area (Å²) in [6.07, 6.45) is 9.43. The van der Waals surface area contributed by atoms with E-state index in [1.807, 2.05) is 0 Å². The van der Waals surface area contributed by atoms with Crippen molar-refractivity contribution < 1.29 is 4.79 Å².